The van der Waals surface area contributed by atoms with E-state index in [4.69, 9.17) is 0 Å². The van der Waals surface area contributed by atoms with Gasteiger partial charge in [0.25, 0.3) is 5.56 Å². The number of aliphatic hydroxyl groups is 1. The molecule has 0 saturated carbocycles. The Labute approximate surface area is 168 Å². The fourth-order valence-electron chi connectivity index (χ4n) is 4.04. The number of benzene rings is 1. The highest BCUT2D eigenvalue weighted by atomic mass is 19.1. The van der Waals surface area contributed by atoms with Crippen LogP contribution >= 0.6 is 0 Å². The highest BCUT2D eigenvalue weighted by Gasteiger charge is 2.30. The van der Waals surface area contributed by atoms with Crippen molar-refractivity contribution in [1.82, 2.24) is 14.8 Å². The molecule has 29 heavy (non-hydrogen) atoms. The molecule has 7 nitrogen and oxygen atoms in total. The first-order valence-corrected chi connectivity index (χ1v) is 10.1. The Kier molecular flexibility index (Phi) is 6.13. The molecule has 0 bridgehead atoms. The van der Waals surface area contributed by atoms with Crippen LogP contribution in [0.4, 0.5) is 4.39 Å². The minimum atomic E-state index is -0.407. The second kappa shape index (κ2) is 8.94. The molecule has 1 fully saturated rings. The smallest absolute Gasteiger partial charge is 0.251 e. The van der Waals surface area contributed by atoms with Gasteiger partial charge in [0.15, 0.2) is 0 Å². The lowest BCUT2D eigenvalue weighted by Crippen LogP contribution is -2.34. The van der Waals surface area contributed by atoms with E-state index in [1.807, 2.05) is 6.21 Å². The molecule has 2 aliphatic heterocycles. The van der Waals surface area contributed by atoms with Crippen LogP contribution in [-0.4, -0.2) is 65.3 Å². The molecule has 1 aromatic carbocycles. The number of fused-ring (bicyclic) bond motifs is 1. The Balaban J connectivity index is 1.33. The number of nitrogens with zero attached hydrogens (tertiary/aromatic N) is 4. The third-order valence-corrected chi connectivity index (χ3v) is 5.66. The SMILES string of the molecule is O=c1ccc2ccc(F)cc2n1CCN1C[C@H](CNCC2=NN=CCC2)[C@H](O)C1. The third-order valence-electron chi connectivity index (χ3n) is 5.66. The number of pyridine rings is 1. The van der Waals surface area contributed by atoms with E-state index in [-0.39, 0.29) is 17.3 Å². The van der Waals surface area contributed by atoms with Crippen LogP contribution in [0.25, 0.3) is 10.9 Å². The van der Waals surface area contributed by atoms with Gasteiger partial charge in [0.2, 0.25) is 0 Å². The van der Waals surface area contributed by atoms with Gasteiger partial charge in [-0.05, 0) is 42.5 Å². The molecule has 4 rings (SSSR count). The summed E-state index contributed by atoms with van der Waals surface area (Å²) in [6.07, 6.45) is 3.27. The fourth-order valence-corrected chi connectivity index (χ4v) is 4.04. The number of rotatable bonds is 7. The monoisotopic (exact) mass is 399 g/mol. The van der Waals surface area contributed by atoms with Gasteiger partial charge in [0.1, 0.15) is 5.82 Å². The maximum Gasteiger partial charge on any atom is 0.251 e. The lowest BCUT2D eigenvalue weighted by Gasteiger charge is -2.18. The van der Waals surface area contributed by atoms with Crippen molar-refractivity contribution in [3.63, 3.8) is 0 Å². The number of nitrogens with one attached hydrogen (secondary N) is 1. The summed E-state index contributed by atoms with van der Waals surface area (Å²) < 4.78 is 15.3. The van der Waals surface area contributed by atoms with E-state index < -0.39 is 6.10 Å². The summed E-state index contributed by atoms with van der Waals surface area (Å²) in [4.78, 5) is 14.5. The molecular formula is C21H26FN5O2. The average Bonchev–Trinajstić information content (AvgIpc) is 3.07. The van der Waals surface area contributed by atoms with Gasteiger partial charge in [-0.1, -0.05) is 0 Å². The standard InChI is InChI=1S/C21H26FN5O2/c22-17-5-3-15-4-6-21(29)27(19(15)10-17)9-8-26-13-16(20(28)14-26)11-23-12-18-2-1-7-24-25-18/h3-7,10,16,20,23,28H,1-2,8-9,11-14H2/t16-,20+/m0/s1. The molecule has 2 atom stereocenters. The lowest BCUT2D eigenvalue weighted by atomic mass is 10.1. The summed E-state index contributed by atoms with van der Waals surface area (Å²) in [5, 5.41) is 22.7. The number of likely N-dealkylation sites (tertiary alicyclic amines) is 1. The molecule has 0 amide bonds. The Morgan fingerprint density at radius 3 is 2.90 bits per heavy atom. The zero-order valence-corrected chi connectivity index (χ0v) is 16.3. The zero-order valence-electron chi connectivity index (χ0n) is 16.3. The predicted molar refractivity (Wildman–Crippen MR) is 112 cm³/mol. The normalized spacial score (nSPS) is 22.3. The van der Waals surface area contributed by atoms with Crippen LogP contribution in [0.1, 0.15) is 12.8 Å². The first-order valence-electron chi connectivity index (χ1n) is 10.1. The first kappa shape index (κ1) is 19.9. The lowest BCUT2D eigenvalue weighted by molar-refractivity contribution is 0.141. The number of aromatic nitrogens is 1. The van der Waals surface area contributed by atoms with E-state index in [2.05, 4.69) is 20.4 Å². The Morgan fingerprint density at radius 2 is 2.07 bits per heavy atom. The van der Waals surface area contributed by atoms with E-state index in [1.165, 1.54) is 18.2 Å². The summed E-state index contributed by atoms with van der Waals surface area (Å²) in [6.45, 7) is 3.82. The molecule has 0 unspecified atom stereocenters. The summed E-state index contributed by atoms with van der Waals surface area (Å²) in [5.41, 5.74) is 1.50. The van der Waals surface area contributed by atoms with Crippen molar-refractivity contribution in [2.45, 2.75) is 25.5 Å². The molecule has 154 valence electrons. The van der Waals surface area contributed by atoms with Crippen molar-refractivity contribution in [1.29, 1.82) is 0 Å². The number of hydrogen-bond acceptors (Lipinski definition) is 6. The van der Waals surface area contributed by atoms with Crippen LogP contribution in [0.3, 0.4) is 0 Å². The van der Waals surface area contributed by atoms with Crippen molar-refractivity contribution < 1.29 is 9.50 Å². The molecule has 1 saturated heterocycles. The quantitative estimate of drug-likeness (QED) is 0.734. The summed E-state index contributed by atoms with van der Waals surface area (Å²) in [6, 6.07) is 7.72. The van der Waals surface area contributed by atoms with Crippen LogP contribution in [0.5, 0.6) is 0 Å². The Bertz CT molecular complexity index is 987. The molecule has 0 radical (unpaired) electrons. The minimum absolute atomic E-state index is 0.129. The molecule has 3 heterocycles. The van der Waals surface area contributed by atoms with E-state index in [1.54, 1.807) is 16.7 Å². The van der Waals surface area contributed by atoms with Gasteiger partial charge in [0, 0.05) is 57.5 Å². The molecule has 2 aliphatic rings. The van der Waals surface area contributed by atoms with Gasteiger partial charge in [0.05, 0.1) is 17.3 Å². The fraction of sp³-hybridized carbons (Fsp3) is 0.476. The summed E-state index contributed by atoms with van der Waals surface area (Å²) >= 11 is 0. The van der Waals surface area contributed by atoms with Gasteiger partial charge in [-0.25, -0.2) is 4.39 Å². The molecule has 2 aromatic rings. The molecule has 1 aromatic heterocycles. The van der Waals surface area contributed by atoms with Gasteiger partial charge >= 0.3 is 0 Å². The largest absolute Gasteiger partial charge is 0.391 e. The third kappa shape index (κ3) is 4.77. The number of halogens is 1. The van der Waals surface area contributed by atoms with Crippen molar-refractivity contribution in [3.05, 3.63) is 46.5 Å². The zero-order chi connectivity index (χ0) is 20.2. The van der Waals surface area contributed by atoms with Crippen LogP contribution in [0.15, 0.2) is 45.3 Å². The molecule has 0 aliphatic carbocycles. The minimum Gasteiger partial charge on any atom is -0.391 e. The maximum atomic E-state index is 13.7. The van der Waals surface area contributed by atoms with Crippen LogP contribution in [0.2, 0.25) is 0 Å². The predicted octanol–water partition coefficient (Wildman–Crippen LogP) is 1.24. The average molecular weight is 399 g/mol. The van der Waals surface area contributed by atoms with E-state index in [9.17, 15) is 14.3 Å². The highest BCUT2D eigenvalue weighted by Crippen LogP contribution is 2.18. The molecule has 0 spiro atoms. The number of β-amino-alcohol motifs (C(OH)–C–C–N with tert-alkyl or cyclic N) is 1. The molecular weight excluding hydrogens is 373 g/mol. The van der Waals surface area contributed by atoms with Gasteiger partial charge in [-0.15, -0.1) is 0 Å². The second-order valence-electron chi connectivity index (χ2n) is 7.75. The molecule has 8 heteroatoms. The van der Waals surface area contributed by atoms with Crippen LogP contribution < -0.4 is 10.9 Å². The van der Waals surface area contributed by atoms with Gasteiger partial charge in [-0.2, -0.15) is 10.2 Å². The Hall–Kier alpha value is -2.42. The molecule has 2 N–H and O–H groups in total. The van der Waals surface area contributed by atoms with E-state index in [0.717, 1.165) is 30.5 Å². The van der Waals surface area contributed by atoms with E-state index in [0.29, 0.717) is 38.2 Å². The Morgan fingerprint density at radius 1 is 1.21 bits per heavy atom. The second-order valence-corrected chi connectivity index (χ2v) is 7.75. The van der Waals surface area contributed by atoms with Crippen molar-refractivity contribution in [2.24, 2.45) is 16.1 Å². The first-order chi connectivity index (χ1) is 14.1. The van der Waals surface area contributed by atoms with Crippen molar-refractivity contribution >= 4 is 22.8 Å². The van der Waals surface area contributed by atoms with Crippen molar-refractivity contribution in [2.75, 3.05) is 32.7 Å². The highest BCUT2D eigenvalue weighted by molar-refractivity contribution is 5.89. The summed E-state index contributed by atoms with van der Waals surface area (Å²) in [5.74, 6) is -0.225. The van der Waals surface area contributed by atoms with Crippen LogP contribution in [0, 0.1) is 11.7 Å². The van der Waals surface area contributed by atoms with Gasteiger partial charge < -0.3 is 15.0 Å². The maximum absolute atomic E-state index is 13.7. The topological polar surface area (TPSA) is 82.2 Å². The van der Waals surface area contributed by atoms with Crippen LogP contribution in [-0.2, 0) is 6.54 Å². The van der Waals surface area contributed by atoms with Crippen molar-refractivity contribution in [3.8, 4) is 0 Å². The number of hydrogen-bond donors (Lipinski definition) is 2. The van der Waals surface area contributed by atoms with E-state index >= 15 is 0 Å². The van der Waals surface area contributed by atoms with Gasteiger partial charge in [-0.3, -0.25) is 9.69 Å². The summed E-state index contributed by atoms with van der Waals surface area (Å²) in [7, 11) is 0. The number of aliphatic hydroxyl groups excluding tert-OH is 1.